The van der Waals surface area contributed by atoms with Gasteiger partial charge in [-0.3, -0.25) is 10.1 Å². The third kappa shape index (κ3) is 3.17. The first kappa shape index (κ1) is 13.2. The second-order valence-corrected chi connectivity index (χ2v) is 5.27. The van der Waals surface area contributed by atoms with E-state index in [1.807, 2.05) is 0 Å². The summed E-state index contributed by atoms with van der Waals surface area (Å²) < 4.78 is 6.22. The lowest BCUT2D eigenvalue weighted by Gasteiger charge is -2.28. The highest BCUT2D eigenvalue weighted by atomic mass is 79.9. The van der Waals surface area contributed by atoms with Gasteiger partial charge in [0.15, 0.2) is 0 Å². The van der Waals surface area contributed by atoms with Crippen LogP contribution in [0.25, 0.3) is 0 Å². The molecule has 0 saturated carbocycles. The molecule has 2 heterocycles. The maximum atomic E-state index is 10.9. The number of halogens is 1. The Labute approximate surface area is 113 Å². The minimum atomic E-state index is -0.470. The fourth-order valence-corrected chi connectivity index (χ4v) is 2.22. The quantitative estimate of drug-likeness (QED) is 0.632. The molecule has 0 spiro atoms. The summed E-state index contributed by atoms with van der Waals surface area (Å²) in [5, 5.41) is 10.9. The molecule has 0 unspecified atom stereocenters. The van der Waals surface area contributed by atoms with Crippen molar-refractivity contribution in [3.8, 4) is 5.88 Å². The highest BCUT2D eigenvalue weighted by molar-refractivity contribution is 9.10. The van der Waals surface area contributed by atoms with Crippen molar-refractivity contribution in [3.63, 3.8) is 0 Å². The third-order valence-corrected chi connectivity index (χ3v) is 3.37. The molecule has 98 valence electrons. The van der Waals surface area contributed by atoms with Gasteiger partial charge in [0.1, 0.15) is 6.10 Å². The van der Waals surface area contributed by atoms with Crippen LogP contribution in [0, 0.1) is 10.1 Å². The summed E-state index contributed by atoms with van der Waals surface area (Å²) in [7, 11) is 2.05. The molecule has 0 amide bonds. The number of piperidine rings is 1. The molecule has 0 aliphatic carbocycles. The van der Waals surface area contributed by atoms with E-state index in [0.29, 0.717) is 4.47 Å². The molecule has 1 aromatic rings. The number of likely N-dealkylation sites (tertiary alicyclic amines) is 1. The van der Waals surface area contributed by atoms with Gasteiger partial charge in [0.25, 0.3) is 5.88 Å². The van der Waals surface area contributed by atoms with Crippen LogP contribution < -0.4 is 4.74 Å². The Bertz CT molecular complexity index is 447. The molecule has 0 N–H and O–H groups in total. The lowest BCUT2D eigenvalue weighted by molar-refractivity contribution is -0.386. The Morgan fingerprint density at radius 2 is 2.22 bits per heavy atom. The lowest BCUT2D eigenvalue weighted by Crippen LogP contribution is -2.35. The van der Waals surface area contributed by atoms with Crippen LogP contribution in [-0.4, -0.2) is 41.0 Å². The van der Waals surface area contributed by atoms with E-state index in [-0.39, 0.29) is 17.7 Å². The second kappa shape index (κ2) is 5.62. The van der Waals surface area contributed by atoms with E-state index in [9.17, 15) is 10.1 Å². The van der Waals surface area contributed by atoms with Crippen molar-refractivity contribution in [3.05, 3.63) is 26.9 Å². The van der Waals surface area contributed by atoms with E-state index in [2.05, 4.69) is 32.9 Å². The molecule has 1 aliphatic heterocycles. The molecule has 1 aromatic heterocycles. The third-order valence-electron chi connectivity index (χ3n) is 2.94. The van der Waals surface area contributed by atoms with Crippen molar-refractivity contribution < 1.29 is 9.66 Å². The molecule has 2 rings (SSSR count). The zero-order chi connectivity index (χ0) is 13.1. The van der Waals surface area contributed by atoms with Gasteiger partial charge in [0.05, 0.1) is 4.92 Å². The maximum Gasteiger partial charge on any atom is 0.332 e. The Hall–Kier alpha value is -1.21. The fourth-order valence-electron chi connectivity index (χ4n) is 1.90. The van der Waals surface area contributed by atoms with Crippen LogP contribution in [0.4, 0.5) is 5.69 Å². The molecular weight excluding hydrogens is 302 g/mol. The molecule has 18 heavy (non-hydrogen) atoms. The molecule has 6 nitrogen and oxygen atoms in total. The summed E-state index contributed by atoms with van der Waals surface area (Å²) in [6.07, 6.45) is 3.25. The van der Waals surface area contributed by atoms with Crippen molar-refractivity contribution in [2.75, 3.05) is 20.1 Å². The van der Waals surface area contributed by atoms with Crippen molar-refractivity contribution in [2.24, 2.45) is 0 Å². The molecule has 0 atom stereocenters. The number of pyridine rings is 1. The highest BCUT2D eigenvalue weighted by Crippen LogP contribution is 2.29. The van der Waals surface area contributed by atoms with Crippen LogP contribution in [0.2, 0.25) is 0 Å². The summed E-state index contributed by atoms with van der Waals surface area (Å²) in [5.74, 6) is 0.109. The molecule has 1 fully saturated rings. The number of nitrogens with zero attached hydrogens (tertiary/aromatic N) is 3. The zero-order valence-electron chi connectivity index (χ0n) is 10.0. The van der Waals surface area contributed by atoms with Crippen LogP contribution in [0.5, 0.6) is 5.88 Å². The van der Waals surface area contributed by atoms with Gasteiger partial charge in [-0.1, -0.05) is 0 Å². The predicted octanol–water partition coefficient (Wildman–Crippen LogP) is 2.23. The normalized spacial score (nSPS) is 17.7. The number of ether oxygens (including phenoxy) is 1. The van der Waals surface area contributed by atoms with Crippen LogP contribution in [0.15, 0.2) is 16.7 Å². The van der Waals surface area contributed by atoms with Crippen LogP contribution in [0.1, 0.15) is 12.8 Å². The molecule has 1 aliphatic rings. The van der Waals surface area contributed by atoms with E-state index in [1.165, 1.54) is 12.3 Å². The summed E-state index contributed by atoms with van der Waals surface area (Å²) in [6, 6.07) is 1.41. The van der Waals surface area contributed by atoms with E-state index >= 15 is 0 Å². The monoisotopic (exact) mass is 315 g/mol. The van der Waals surface area contributed by atoms with Crippen LogP contribution in [-0.2, 0) is 0 Å². The van der Waals surface area contributed by atoms with Gasteiger partial charge in [-0.15, -0.1) is 0 Å². The number of hydrogen-bond acceptors (Lipinski definition) is 5. The Morgan fingerprint density at radius 1 is 1.56 bits per heavy atom. The summed E-state index contributed by atoms with van der Waals surface area (Å²) in [5.41, 5.74) is -0.0942. The van der Waals surface area contributed by atoms with Crippen molar-refractivity contribution in [1.82, 2.24) is 9.88 Å². The van der Waals surface area contributed by atoms with Gasteiger partial charge >= 0.3 is 5.69 Å². The standard InChI is InChI=1S/C11H14BrN3O3/c1-14-4-2-9(3-5-14)18-11-10(15(16)17)6-8(12)7-13-11/h6-7,9H,2-5H2,1H3. The summed E-state index contributed by atoms with van der Waals surface area (Å²) in [6.45, 7) is 1.88. The van der Waals surface area contributed by atoms with Gasteiger partial charge in [-0.25, -0.2) is 4.98 Å². The fraction of sp³-hybridized carbons (Fsp3) is 0.545. The largest absolute Gasteiger partial charge is 0.469 e. The van der Waals surface area contributed by atoms with Gasteiger partial charge in [0.2, 0.25) is 0 Å². The lowest BCUT2D eigenvalue weighted by atomic mass is 10.1. The number of aromatic nitrogens is 1. The Kier molecular flexibility index (Phi) is 4.13. The average Bonchev–Trinajstić information content (AvgIpc) is 2.34. The number of rotatable bonds is 3. The van der Waals surface area contributed by atoms with Gasteiger partial charge < -0.3 is 9.64 Å². The molecular formula is C11H14BrN3O3. The smallest absolute Gasteiger partial charge is 0.332 e. The zero-order valence-corrected chi connectivity index (χ0v) is 11.6. The first-order valence-electron chi connectivity index (χ1n) is 5.71. The van der Waals surface area contributed by atoms with Crippen LogP contribution >= 0.6 is 15.9 Å². The highest BCUT2D eigenvalue weighted by Gasteiger charge is 2.23. The molecule has 0 aromatic carbocycles. The van der Waals surface area contributed by atoms with E-state index in [4.69, 9.17) is 4.74 Å². The molecule has 0 radical (unpaired) electrons. The van der Waals surface area contributed by atoms with Gasteiger partial charge in [0, 0.05) is 29.8 Å². The topological polar surface area (TPSA) is 68.5 Å². The van der Waals surface area contributed by atoms with E-state index in [0.717, 1.165) is 25.9 Å². The van der Waals surface area contributed by atoms with E-state index in [1.54, 1.807) is 0 Å². The minimum Gasteiger partial charge on any atom is -0.469 e. The molecule has 7 heteroatoms. The summed E-state index contributed by atoms with van der Waals surface area (Å²) in [4.78, 5) is 16.7. The average molecular weight is 316 g/mol. The first-order valence-corrected chi connectivity index (χ1v) is 6.50. The van der Waals surface area contributed by atoms with E-state index < -0.39 is 4.92 Å². The van der Waals surface area contributed by atoms with Crippen LogP contribution in [0.3, 0.4) is 0 Å². The number of nitro groups is 1. The maximum absolute atomic E-state index is 10.9. The van der Waals surface area contributed by atoms with Gasteiger partial charge in [-0.05, 0) is 35.8 Å². The minimum absolute atomic E-state index is 0.00794. The van der Waals surface area contributed by atoms with Crippen molar-refractivity contribution in [1.29, 1.82) is 0 Å². The van der Waals surface area contributed by atoms with Crippen molar-refractivity contribution >= 4 is 21.6 Å². The second-order valence-electron chi connectivity index (χ2n) is 4.36. The SMILES string of the molecule is CN1CCC(Oc2ncc(Br)cc2[N+](=O)[O-])CC1. The van der Waals surface area contributed by atoms with Gasteiger partial charge in [-0.2, -0.15) is 0 Å². The molecule has 0 bridgehead atoms. The molecule has 1 saturated heterocycles. The predicted molar refractivity (Wildman–Crippen MR) is 69.7 cm³/mol. The Morgan fingerprint density at radius 3 is 2.83 bits per heavy atom. The van der Waals surface area contributed by atoms with Crippen molar-refractivity contribution in [2.45, 2.75) is 18.9 Å². The summed E-state index contributed by atoms with van der Waals surface area (Å²) >= 11 is 3.17. The number of hydrogen-bond donors (Lipinski definition) is 0. The Balaban J connectivity index is 2.11. The first-order chi connectivity index (χ1) is 8.56.